The van der Waals surface area contributed by atoms with Gasteiger partial charge in [0.1, 0.15) is 17.4 Å². The molecule has 3 heterocycles. The quantitative estimate of drug-likeness (QED) is 0.438. The molecule has 2 aromatic rings. The van der Waals surface area contributed by atoms with Crippen LogP contribution in [-0.4, -0.2) is 64.2 Å². The van der Waals surface area contributed by atoms with Crippen LogP contribution in [0.5, 0.6) is 5.75 Å². The maximum atomic E-state index is 14.2. The molecule has 6 atom stereocenters. The third-order valence-electron chi connectivity index (χ3n) is 8.97. The van der Waals surface area contributed by atoms with E-state index < -0.39 is 35.1 Å². The number of ether oxygens (including phenoxy) is 2. The molecule has 3 amide bonds. The molecule has 2 unspecified atom stereocenters. The lowest BCUT2D eigenvalue weighted by molar-refractivity contribution is -0.147. The van der Waals surface area contributed by atoms with Gasteiger partial charge < -0.3 is 30.1 Å². The minimum atomic E-state index is -1.17. The van der Waals surface area contributed by atoms with Crippen LogP contribution in [0, 0.1) is 25.7 Å². The molecular formula is C31H39N3O6. The van der Waals surface area contributed by atoms with Crippen molar-refractivity contribution in [3.63, 3.8) is 0 Å². The van der Waals surface area contributed by atoms with Crippen LogP contribution in [0.25, 0.3) is 0 Å². The molecule has 40 heavy (non-hydrogen) atoms. The third-order valence-corrected chi connectivity index (χ3v) is 8.97. The Bertz CT molecular complexity index is 1310. The first kappa shape index (κ1) is 28.1. The zero-order valence-electron chi connectivity index (χ0n) is 23.8. The molecule has 0 aliphatic carbocycles. The number of hydrogen-bond acceptors (Lipinski definition) is 6. The van der Waals surface area contributed by atoms with Gasteiger partial charge in [0.25, 0.3) is 0 Å². The Kier molecular flexibility index (Phi) is 7.39. The van der Waals surface area contributed by atoms with E-state index >= 15 is 0 Å². The summed E-state index contributed by atoms with van der Waals surface area (Å²) >= 11 is 0. The maximum Gasteiger partial charge on any atom is 0.250 e. The second kappa shape index (κ2) is 10.5. The highest BCUT2D eigenvalue weighted by Gasteiger charge is 2.79. The van der Waals surface area contributed by atoms with E-state index in [0.29, 0.717) is 43.0 Å². The number of benzene rings is 2. The summed E-state index contributed by atoms with van der Waals surface area (Å²) in [4.78, 5) is 43.6. The molecule has 2 aromatic carbocycles. The van der Waals surface area contributed by atoms with Gasteiger partial charge in [-0.05, 0) is 88.4 Å². The Morgan fingerprint density at radius 3 is 2.48 bits per heavy atom. The normalized spacial score (nSPS) is 29.3. The number of carbonyl (C=O) groups is 3. The van der Waals surface area contributed by atoms with Crippen LogP contribution in [0.3, 0.4) is 0 Å². The Hall–Kier alpha value is -3.43. The van der Waals surface area contributed by atoms with Crippen molar-refractivity contribution in [2.75, 3.05) is 23.8 Å². The number of amides is 3. The number of carbonyl (C=O) groups excluding carboxylic acids is 3. The number of aliphatic hydroxyl groups is 1. The number of likely N-dealkylation sites (tertiary alicyclic amines) is 1. The Morgan fingerprint density at radius 2 is 1.82 bits per heavy atom. The summed E-state index contributed by atoms with van der Waals surface area (Å²) < 4.78 is 12.3. The van der Waals surface area contributed by atoms with E-state index in [1.807, 2.05) is 45.9 Å². The van der Waals surface area contributed by atoms with Crippen LogP contribution < -0.4 is 15.4 Å². The number of nitrogens with zero attached hydrogens (tertiary/aromatic N) is 1. The molecule has 3 fully saturated rings. The summed E-state index contributed by atoms with van der Waals surface area (Å²) in [5.74, 6) is -1.93. The van der Waals surface area contributed by atoms with E-state index in [-0.39, 0.29) is 24.3 Å². The molecule has 9 nitrogen and oxygen atoms in total. The predicted octanol–water partition coefficient (Wildman–Crippen LogP) is 3.81. The van der Waals surface area contributed by atoms with Crippen LogP contribution >= 0.6 is 0 Å². The van der Waals surface area contributed by atoms with Crippen molar-refractivity contribution < 1.29 is 29.0 Å². The van der Waals surface area contributed by atoms with Crippen LogP contribution in [0.1, 0.15) is 51.2 Å². The van der Waals surface area contributed by atoms with Crippen molar-refractivity contribution in [1.29, 1.82) is 0 Å². The van der Waals surface area contributed by atoms with Crippen LogP contribution in [0.15, 0.2) is 42.5 Å². The number of nitrogens with one attached hydrogen (secondary N) is 2. The van der Waals surface area contributed by atoms with Gasteiger partial charge in [0.2, 0.25) is 17.7 Å². The van der Waals surface area contributed by atoms with E-state index in [9.17, 15) is 19.5 Å². The summed E-state index contributed by atoms with van der Waals surface area (Å²) in [6.07, 6.45) is 1.56. The smallest absolute Gasteiger partial charge is 0.250 e. The highest BCUT2D eigenvalue weighted by Crippen LogP contribution is 2.64. The number of rotatable bonds is 9. The van der Waals surface area contributed by atoms with Crippen LogP contribution in [0.2, 0.25) is 0 Å². The SMILES string of the molecule is CCOc1ccc(NC(=O)[C@@H]2[C@H]3C(=O)N([C@H](C)CO)C(C(=O)Nc4cc(C)ccc4C)C34CC[C@@]2(CC)O4)cc1. The fraction of sp³-hybridized carbons (Fsp3) is 0.516. The topological polar surface area (TPSA) is 117 Å². The molecule has 0 aromatic heterocycles. The Balaban J connectivity index is 1.50. The fourth-order valence-electron chi connectivity index (χ4n) is 7.01. The van der Waals surface area contributed by atoms with Gasteiger partial charge in [0.15, 0.2) is 0 Å². The van der Waals surface area contributed by atoms with Crippen molar-refractivity contribution in [2.45, 2.75) is 77.2 Å². The molecule has 3 N–H and O–H groups in total. The molecule has 3 aliphatic heterocycles. The Morgan fingerprint density at radius 1 is 1.10 bits per heavy atom. The molecule has 9 heteroatoms. The summed E-state index contributed by atoms with van der Waals surface area (Å²) in [6.45, 7) is 9.66. The number of fused-ring (bicyclic) bond motifs is 1. The van der Waals surface area contributed by atoms with Crippen molar-refractivity contribution in [2.24, 2.45) is 11.8 Å². The molecule has 3 aliphatic rings. The third kappa shape index (κ3) is 4.36. The van der Waals surface area contributed by atoms with Crippen molar-refractivity contribution in [3.05, 3.63) is 53.6 Å². The van der Waals surface area contributed by atoms with Crippen molar-refractivity contribution in [3.8, 4) is 5.75 Å². The van der Waals surface area contributed by atoms with Gasteiger partial charge in [0.05, 0.1) is 36.7 Å². The van der Waals surface area contributed by atoms with Crippen molar-refractivity contribution >= 4 is 29.1 Å². The predicted molar refractivity (Wildman–Crippen MR) is 151 cm³/mol. The second-order valence-corrected chi connectivity index (χ2v) is 11.4. The molecular weight excluding hydrogens is 510 g/mol. The van der Waals surface area contributed by atoms with Gasteiger partial charge in [-0.2, -0.15) is 0 Å². The first-order valence-electron chi connectivity index (χ1n) is 14.2. The van der Waals surface area contributed by atoms with Crippen LogP contribution in [0.4, 0.5) is 11.4 Å². The van der Waals surface area contributed by atoms with Gasteiger partial charge >= 0.3 is 0 Å². The average Bonchev–Trinajstić information content (AvgIpc) is 3.55. The monoisotopic (exact) mass is 549 g/mol. The molecule has 5 rings (SSSR count). The van der Waals surface area contributed by atoms with E-state index in [0.717, 1.165) is 11.1 Å². The van der Waals surface area contributed by atoms with Crippen molar-refractivity contribution in [1.82, 2.24) is 4.90 Å². The zero-order chi connectivity index (χ0) is 28.8. The number of anilines is 2. The minimum Gasteiger partial charge on any atom is -0.494 e. The number of hydrogen-bond donors (Lipinski definition) is 3. The zero-order valence-corrected chi connectivity index (χ0v) is 23.8. The maximum absolute atomic E-state index is 14.2. The summed E-state index contributed by atoms with van der Waals surface area (Å²) in [5, 5.41) is 16.1. The molecule has 214 valence electrons. The average molecular weight is 550 g/mol. The lowest BCUT2D eigenvalue weighted by Gasteiger charge is -2.36. The first-order chi connectivity index (χ1) is 19.1. The van der Waals surface area contributed by atoms with E-state index in [1.165, 1.54) is 4.90 Å². The second-order valence-electron chi connectivity index (χ2n) is 11.4. The molecule has 3 saturated heterocycles. The summed E-state index contributed by atoms with van der Waals surface area (Å²) in [7, 11) is 0. The highest BCUT2D eigenvalue weighted by molar-refractivity contribution is 6.05. The van der Waals surface area contributed by atoms with E-state index in [1.54, 1.807) is 31.2 Å². The van der Waals surface area contributed by atoms with Gasteiger partial charge in [0, 0.05) is 11.4 Å². The molecule has 2 bridgehead atoms. The van der Waals surface area contributed by atoms with E-state index in [2.05, 4.69) is 10.6 Å². The number of aryl methyl sites for hydroxylation is 2. The first-order valence-corrected chi connectivity index (χ1v) is 14.2. The lowest BCUT2D eigenvalue weighted by Crippen LogP contribution is -2.56. The summed E-state index contributed by atoms with van der Waals surface area (Å²) in [5.41, 5.74) is 1.12. The summed E-state index contributed by atoms with van der Waals surface area (Å²) in [6, 6.07) is 11.3. The Labute approximate surface area is 235 Å². The largest absolute Gasteiger partial charge is 0.494 e. The van der Waals surface area contributed by atoms with Gasteiger partial charge in [-0.1, -0.05) is 19.1 Å². The fourth-order valence-corrected chi connectivity index (χ4v) is 7.01. The standard InChI is InChI=1S/C31H39N3O6/c1-6-30-14-15-31(40-30)25(24(30)27(36)32-21-10-12-22(13-11-21)39-7-2)29(38)34(20(5)17-35)26(31)28(37)33-23-16-18(3)8-9-19(23)4/h8-13,16,20,24-26,35H,6-7,14-15,17H2,1-5H3,(H,32,36)(H,33,37)/t20-,24+,25+,26?,30-,31?/m1/s1. The molecule has 1 spiro atoms. The van der Waals surface area contributed by atoms with Crippen LogP contribution in [-0.2, 0) is 19.1 Å². The van der Waals surface area contributed by atoms with Gasteiger partial charge in [-0.25, -0.2) is 0 Å². The molecule has 0 saturated carbocycles. The minimum absolute atomic E-state index is 0.307. The van der Waals surface area contributed by atoms with E-state index in [4.69, 9.17) is 9.47 Å². The lowest BCUT2D eigenvalue weighted by atomic mass is 9.65. The molecule has 0 radical (unpaired) electrons. The number of aliphatic hydroxyl groups excluding tert-OH is 1. The highest BCUT2D eigenvalue weighted by atomic mass is 16.5. The van der Waals surface area contributed by atoms with Gasteiger partial charge in [-0.3, -0.25) is 14.4 Å². The van der Waals surface area contributed by atoms with Gasteiger partial charge in [-0.15, -0.1) is 0 Å².